The Kier molecular flexibility index (Phi) is 5.81. The molecule has 0 fully saturated rings. The van der Waals surface area contributed by atoms with Crippen molar-refractivity contribution in [2.24, 2.45) is 0 Å². The van der Waals surface area contributed by atoms with Crippen molar-refractivity contribution in [3.63, 3.8) is 0 Å². The van der Waals surface area contributed by atoms with E-state index in [9.17, 15) is 4.39 Å². The summed E-state index contributed by atoms with van der Waals surface area (Å²) in [6.45, 7) is 0.610. The van der Waals surface area contributed by atoms with E-state index in [4.69, 9.17) is 27.9 Å². The third-order valence-electron chi connectivity index (χ3n) is 1.94. The van der Waals surface area contributed by atoms with Gasteiger partial charge in [0, 0.05) is 11.9 Å². The van der Waals surface area contributed by atoms with Crippen LogP contribution in [0.2, 0.25) is 5.02 Å². The van der Waals surface area contributed by atoms with Crippen LogP contribution in [0.15, 0.2) is 18.2 Å². The van der Waals surface area contributed by atoms with Gasteiger partial charge in [-0.15, -0.1) is 11.6 Å². The van der Waals surface area contributed by atoms with E-state index in [0.717, 1.165) is 19.3 Å². The average molecular weight is 251 g/mol. The van der Waals surface area contributed by atoms with Gasteiger partial charge in [0.2, 0.25) is 0 Å². The molecule has 4 heteroatoms. The highest BCUT2D eigenvalue weighted by molar-refractivity contribution is 6.30. The molecule has 0 N–H and O–H groups in total. The molecule has 0 bridgehead atoms. The lowest BCUT2D eigenvalue weighted by molar-refractivity contribution is 0.306. The van der Waals surface area contributed by atoms with Crippen molar-refractivity contribution in [3.8, 4) is 5.75 Å². The van der Waals surface area contributed by atoms with E-state index in [1.807, 2.05) is 0 Å². The van der Waals surface area contributed by atoms with Crippen LogP contribution in [-0.2, 0) is 0 Å². The van der Waals surface area contributed by atoms with Gasteiger partial charge in [-0.25, -0.2) is 4.39 Å². The van der Waals surface area contributed by atoms with Crippen molar-refractivity contribution in [1.82, 2.24) is 0 Å². The fraction of sp³-hybridized carbons (Fsp3) is 0.455. The van der Waals surface area contributed by atoms with E-state index in [1.165, 1.54) is 12.1 Å². The maximum Gasteiger partial charge on any atom is 0.142 e. The summed E-state index contributed by atoms with van der Waals surface area (Å²) >= 11 is 11.1. The molecule has 0 saturated heterocycles. The molecular weight excluding hydrogens is 238 g/mol. The quantitative estimate of drug-likeness (QED) is 0.542. The van der Waals surface area contributed by atoms with Crippen LogP contribution in [0.3, 0.4) is 0 Å². The van der Waals surface area contributed by atoms with Gasteiger partial charge in [0.1, 0.15) is 11.6 Å². The van der Waals surface area contributed by atoms with Gasteiger partial charge in [-0.2, -0.15) is 0 Å². The number of unbranched alkanes of at least 4 members (excludes halogenated alkanes) is 2. The van der Waals surface area contributed by atoms with E-state index in [2.05, 4.69) is 0 Å². The zero-order chi connectivity index (χ0) is 11.1. The zero-order valence-corrected chi connectivity index (χ0v) is 9.82. The van der Waals surface area contributed by atoms with Crippen LogP contribution in [0.1, 0.15) is 19.3 Å². The SMILES string of the molecule is Fc1ccc(OCCCCCCl)cc1Cl. The molecule has 0 aromatic heterocycles. The second-order valence-electron chi connectivity index (χ2n) is 3.17. The second kappa shape index (κ2) is 6.91. The van der Waals surface area contributed by atoms with E-state index in [-0.39, 0.29) is 5.02 Å². The first-order chi connectivity index (χ1) is 7.24. The van der Waals surface area contributed by atoms with Crippen molar-refractivity contribution >= 4 is 23.2 Å². The molecule has 0 spiro atoms. The van der Waals surface area contributed by atoms with Gasteiger partial charge < -0.3 is 4.74 Å². The molecule has 1 aromatic rings. The van der Waals surface area contributed by atoms with Crippen LogP contribution >= 0.6 is 23.2 Å². The van der Waals surface area contributed by atoms with Gasteiger partial charge in [-0.1, -0.05) is 11.6 Å². The number of alkyl halides is 1. The molecule has 1 aromatic carbocycles. The summed E-state index contributed by atoms with van der Waals surface area (Å²) < 4.78 is 18.2. The van der Waals surface area contributed by atoms with E-state index in [0.29, 0.717) is 18.2 Å². The summed E-state index contributed by atoms with van der Waals surface area (Å²) in [6.07, 6.45) is 2.98. The van der Waals surface area contributed by atoms with Crippen molar-refractivity contribution in [2.45, 2.75) is 19.3 Å². The number of hydrogen-bond donors (Lipinski definition) is 0. The molecule has 0 saturated carbocycles. The standard InChI is InChI=1S/C11H13Cl2FO/c12-6-2-1-3-7-15-9-4-5-11(14)10(13)8-9/h4-5,8H,1-3,6-7H2. The zero-order valence-electron chi connectivity index (χ0n) is 8.31. The number of halogens is 3. The molecule has 1 rings (SSSR count). The summed E-state index contributed by atoms with van der Waals surface area (Å²) in [5, 5.41) is 0.0910. The Morgan fingerprint density at radius 1 is 1.20 bits per heavy atom. The lowest BCUT2D eigenvalue weighted by Crippen LogP contribution is -1.97. The maximum atomic E-state index is 12.8. The molecule has 15 heavy (non-hydrogen) atoms. The summed E-state index contributed by atoms with van der Waals surface area (Å²) in [5.41, 5.74) is 0. The predicted octanol–water partition coefficient (Wildman–Crippen LogP) is 4.27. The van der Waals surface area contributed by atoms with Crippen molar-refractivity contribution < 1.29 is 9.13 Å². The van der Waals surface area contributed by atoms with Crippen LogP contribution in [-0.4, -0.2) is 12.5 Å². The minimum absolute atomic E-state index is 0.0910. The molecule has 0 amide bonds. The van der Waals surface area contributed by atoms with Gasteiger partial charge in [-0.3, -0.25) is 0 Å². The molecular formula is C11H13Cl2FO. The highest BCUT2D eigenvalue weighted by Gasteiger charge is 2.01. The summed E-state index contributed by atoms with van der Waals surface area (Å²) in [7, 11) is 0. The summed E-state index contributed by atoms with van der Waals surface area (Å²) in [6, 6.07) is 4.36. The van der Waals surface area contributed by atoms with E-state index in [1.54, 1.807) is 6.07 Å². The van der Waals surface area contributed by atoms with Crippen LogP contribution in [0, 0.1) is 5.82 Å². The van der Waals surface area contributed by atoms with Crippen LogP contribution in [0.25, 0.3) is 0 Å². The van der Waals surface area contributed by atoms with Crippen molar-refractivity contribution in [3.05, 3.63) is 29.0 Å². The number of rotatable bonds is 6. The normalized spacial score (nSPS) is 10.3. The number of ether oxygens (including phenoxy) is 1. The van der Waals surface area contributed by atoms with Crippen molar-refractivity contribution in [2.75, 3.05) is 12.5 Å². The Hall–Kier alpha value is -0.470. The Labute approximate surface area is 99.1 Å². The Balaban J connectivity index is 2.28. The fourth-order valence-corrected chi connectivity index (χ4v) is 1.49. The molecule has 0 aliphatic rings. The van der Waals surface area contributed by atoms with Gasteiger partial charge >= 0.3 is 0 Å². The molecule has 0 aliphatic heterocycles. The van der Waals surface area contributed by atoms with Gasteiger partial charge in [-0.05, 0) is 31.4 Å². The van der Waals surface area contributed by atoms with E-state index >= 15 is 0 Å². The highest BCUT2D eigenvalue weighted by atomic mass is 35.5. The van der Waals surface area contributed by atoms with Gasteiger partial charge in [0.15, 0.2) is 0 Å². The minimum atomic E-state index is -0.425. The summed E-state index contributed by atoms with van der Waals surface area (Å²) in [4.78, 5) is 0. The molecule has 0 atom stereocenters. The second-order valence-corrected chi connectivity index (χ2v) is 3.96. The molecule has 84 valence electrons. The smallest absolute Gasteiger partial charge is 0.142 e. The Bertz CT molecular complexity index is 305. The van der Waals surface area contributed by atoms with E-state index < -0.39 is 5.82 Å². The predicted molar refractivity (Wildman–Crippen MR) is 61.5 cm³/mol. The van der Waals surface area contributed by atoms with Crippen LogP contribution in [0.4, 0.5) is 4.39 Å². The summed E-state index contributed by atoms with van der Waals surface area (Å²) in [5.74, 6) is 0.862. The number of hydrogen-bond acceptors (Lipinski definition) is 1. The van der Waals surface area contributed by atoms with Crippen molar-refractivity contribution in [1.29, 1.82) is 0 Å². The topological polar surface area (TPSA) is 9.23 Å². The van der Waals surface area contributed by atoms with Crippen LogP contribution < -0.4 is 4.74 Å². The fourth-order valence-electron chi connectivity index (χ4n) is 1.13. The first-order valence-electron chi connectivity index (χ1n) is 4.88. The maximum absolute atomic E-state index is 12.8. The number of benzene rings is 1. The molecule has 0 aliphatic carbocycles. The van der Waals surface area contributed by atoms with Crippen LogP contribution in [0.5, 0.6) is 5.75 Å². The third kappa shape index (κ3) is 4.72. The molecule has 0 heterocycles. The monoisotopic (exact) mass is 250 g/mol. The highest BCUT2D eigenvalue weighted by Crippen LogP contribution is 2.21. The Morgan fingerprint density at radius 3 is 2.67 bits per heavy atom. The lowest BCUT2D eigenvalue weighted by atomic mass is 10.2. The third-order valence-corrected chi connectivity index (χ3v) is 2.49. The molecule has 1 nitrogen and oxygen atoms in total. The average Bonchev–Trinajstić information content (AvgIpc) is 2.23. The lowest BCUT2D eigenvalue weighted by Gasteiger charge is -2.06. The Morgan fingerprint density at radius 2 is 2.00 bits per heavy atom. The van der Waals surface area contributed by atoms with Gasteiger partial charge in [0.25, 0.3) is 0 Å². The first-order valence-corrected chi connectivity index (χ1v) is 5.79. The minimum Gasteiger partial charge on any atom is -0.494 e. The molecule has 0 radical (unpaired) electrons. The largest absolute Gasteiger partial charge is 0.494 e. The first kappa shape index (κ1) is 12.6. The molecule has 0 unspecified atom stereocenters. The van der Waals surface area contributed by atoms with Gasteiger partial charge in [0.05, 0.1) is 11.6 Å².